The number of hydrogen-bond acceptors (Lipinski definition) is 4. The lowest BCUT2D eigenvalue weighted by Crippen LogP contribution is -2.44. The molecule has 0 spiro atoms. The van der Waals surface area contributed by atoms with Gasteiger partial charge in [0.2, 0.25) is 0 Å². The van der Waals surface area contributed by atoms with Crippen molar-refractivity contribution in [2.45, 2.75) is 12.5 Å². The predicted molar refractivity (Wildman–Crippen MR) is 89.8 cm³/mol. The Balaban J connectivity index is 1.36. The van der Waals surface area contributed by atoms with Crippen molar-refractivity contribution in [1.29, 1.82) is 0 Å². The average molecular weight is 325 g/mol. The van der Waals surface area contributed by atoms with Crippen LogP contribution in [-0.2, 0) is 6.54 Å². The van der Waals surface area contributed by atoms with Gasteiger partial charge >= 0.3 is 0 Å². The molecular formula is C18H16FN3S. The summed E-state index contributed by atoms with van der Waals surface area (Å²) in [6, 6.07) is 11.1. The van der Waals surface area contributed by atoms with Gasteiger partial charge in [0, 0.05) is 43.5 Å². The summed E-state index contributed by atoms with van der Waals surface area (Å²) < 4.78 is 13.8. The van der Waals surface area contributed by atoms with Crippen LogP contribution in [0.5, 0.6) is 0 Å². The summed E-state index contributed by atoms with van der Waals surface area (Å²) in [6.45, 7) is 2.58. The molecule has 0 atom stereocenters. The first-order valence-corrected chi connectivity index (χ1v) is 8.49. The molecule has 5 heteroatoms. The molecule has 0 radical (unpaired) electrons. The van der Waals surface area contributed by atoms with Gasteiger partial charge in [-0.15, -0.1) is 11.3 Å². The molecule has 0 aliphatic carbocycles. The molecule has 23 heavy (non-hydrogen) atoms. The Bertz CT molecular complexity index is 780. The van der Waals surface area contributed by atoms with Gasteiger partial charge in [-0.3, -0.25) is 4.90 Å². The van der Waals surface area contributed by atoms with Gasteiger partial charge in [0.15, 0.2) is 5.82 Å². The fourth-order valence-corrected chi connectivity index (χ4v) is 3.60. The summed E-state index contributed by atoms with van der Waals surface area (Å²) in [6.07, 6.45) is 3.77. The molecule has 1 aliphatic heterocycles. The minimum absolute atomic E-state index is 0.0965. The highest BCUT2D eigenvalue weighted by atomic mass is 32.1. The van der Waals surface area contributed by atoms with Gasteiger partial charge in [0.1, 0.15) is 5.82 Å². The average Bonchev–Trinajstić information content (AvgIpc) is 3.07. The van der Waals surface area contributed by atoms with E-state index < -0.39 is 0 Å². The number of benzene rings is 1. The van der Waals surface area contributed by atoms with Crippen LogP contribution in [0.4, 0.5) is 4.39 Å². The standard InChI is InChI=1S/C18H16FN3S/c19-16-5-2-1-4-15(16)14-11-22(12-14)10-13-8-20-18(21-9-13)17-6-3-7-23-17/h1-9,14H,10-12H2. The lowest BCUT2D eigenvalue weighted by atomic mass is 9.91. The molecule has 0 amide bonds. The lowest BCUT2D eigenvalue weighted by molar-refractivity contribution is 0.137. The third-order valence-electron chi connectivity index (χ3n) is 4.16. The summed E-state index contributed by atoms with van der Waals surface area (Å²) in [5, 5.41) is 2.02. The van der Waals surface area contributed by atoms with Crippen LogP contribution in [0.2, 0.25) is 0 Å². The maximum Gasteiger partial charge on any atom is 0.169 e. The molecule has 1 saturated heterocycles. The Morgan fingerprint density at radius 2 is 1.87 bits per heavy atom. The maximum atomic E-state index is 13.8. The molecule has 0 N–H and O–H groups in total. The molecule has 0 bridgehead atoms. The SMILES string of the molecule is Fc1ccccc1C1CN(Cc2cnc(-c3cccs3)nc2)C1. The van der Waals surface area contributed by atoms with Crippen LogP contribution in [0.15, 0.2) is 54.2 Å². The topological polar surface area (TPSA) is 29.0 Å². The second kappa shape index (κ2) is 6.18. The van der Waals surface area contributed by atoms with Crippen molar-refractivity contribution in [3.63, 3.8) is 0 Å². The van der Waals surface area contributed by atoms with Crippen molar-refractivity contribution in [1.82, 2.24) is 14.9 Å². The Morgan fingerprint density at radius 3 is 2.57 bits per heavy atom. The molecule has 0 saturated carbocycles. The number of likely N-dealkylation sites (tertiary alicyclic amines) is 1. The van der Waals surface area contributed by atoms with E-state index in [1.165, 1.54) is 6.07 Å². The smallest absolute Gasteiger partial charge is 0.169 e. The van der Waals surface area contributed by atoms with Crippen molar-refractivity contribution in [3.05, 3.63) is 71.1 Å². The van der Waals surface area contributed by atoms with Crippen molar-refractivity contribution in [2.75, 3.05) is 13.1 Å². The Kier molecular flexibility index (Phi) is 3.89. The first-order chi connectivity index (χ1) is 11.3. The van der Waals surface area contributed by atoms with Crippen LogP contribution in [0.3, 0.4) is 0 Å². The number of nitrogens with zero attached hydrogens (tertiary/aromatic N) is 3. The molecule has 1 aromatic carbocycles. The van der Waals surface area contributed by atoms with Crippen molar-refractivity contribution < 1.29 is 4.39 Å². The number of rotatable bonds is 4. The molecule has 116 valence electrons. The van der Waals surface area contributed by atoms with E-state index in [1.54, 1.807) is 17.4 Å². The van der Waals surface area contributed by atoms with Crippen LogP contribution >= 0.6 is 11.3 Å². The van der Waals surface area contributed by atoms with Gasteiger partial charge < -0.3 is 0 Å². The Morgan fingerprint density at radius 1 is 1.09 bits per heavy atom. The molecule has 1 aliphatic rings. The quantitative estimate of drug-likeness (QED) is 0.727. The van der Waals surface area contributed by atoms with Crippen LogP contribution in [0, 0.1) is 5.82 Å². The Hall–Kier alpha value is -2.11. The third-order valence-corrected chi connectivity index (χ3v) is 5.02. The summed E-state index contributed by atoms with van der Waals surface area (Å²) in [5.41, 5.74) is 1.92. The fraction of sp³-hybridized carbons (Fsp3) is 0.222. The zero-order valence-corrected chi connectivity index (χ0v) is 13.3. The summed E-state index contributed by atoms with van der Waals surface area (Å²) >= 11 is 1.64. The van der Waals surface area contributed by atoms with Crippen LogP contribution < -0.4 is 0 Å². The van der Waals surface area contributed by atoms with Gasteiger partial charge in [-0.05, 0) is 23.1 Å². The lowest BCUT2D eigenvalue weighted by Gasteiger charge is -2.39. The maximum absolute atomic E-state index is 13.8. The summed E-state index contributed by atoms with van der Waals surface area (Å²) in [5.74, 6) is 0.972. The zero-order chi connectivity index (χ0) is 15.6. The van der Waals surface area contributed by atoms with Crippen LogP contribution in [-0.4, -0.2) is 28.0 Å². The van der Waals surface area contributed by atoms with Crippen LogP contribution in [0.1, 0.15) is 17.0 Å². The van der Waals surface area contributed by atoms with E-state index in [0.29, 0.717) is 5.92 Å². The number of thiophene rings is 1. The molecule has 3 heterocycles. The van der Waals surface area contributed by atoms with E-state index in [9.17, 15) is 4.39 Å². The first-order valence-electron chi connectivity index (χ1n) is 7.61. The van der Waals surface area contributed by atoms with Gasteiger partial charge in [0.25, 0.3) is 0 Å². The predicted octanol–water partition coefficient (Wildman–Crippen LogP) is 3.94. The summed E-state index contributed by atoms with van der Waals surface area (Å²) in [4.78, 5) is 12.2. The van der Waals surface area contributed by atoms with E-state index in [1.807, 2.05) is 42.0 Å². The van der Waals surface area contributed by atoms with Gasteiger partial charge in [0.05, 0.1) is 4.88 Å². The minimum atomic E-state index is -0.0965. The number of aromatic nitrogens is 2. The molecular weight excluding hydrogens is 309 g/mol. The molecule has 2 aromatic heterocycles. The second-order valence-electron chi connectivity index (χ2n) is 5.80. The minimum Gasteiger partial charge on any atom is -0.298 e. The van der Waals surface area contributed by atoms with E-state index >= 15 is 0 Å². The fourth-order valence-electron chi connectivity index (χ4n) is 2.93. The first kappa shape index (κ1) is 14.5. The van der Waals surface area contributed by atoms with E-state index in [-0.39, 0.29) is 5.82 Å². The molecule has 3 aromatic rings. The third kappa shape index (κ3) is 3.02. The van der Waals surface area contributed by atoms with Crippen molar-refractivity contribution >= 4 is 11.3 Å². The largest absolute Gasteiger partial charge is 0.298 e. The highest BCUT2D eigenvalue weighted by Gasteiger charge is 2.29. The summed E-state index contributed by atoms with van der Waals surface area (Å²) in [7, 11) is 0. The van der Waals surface area contributed by atoms with Gasteiger partial charge in [-0.1, -0.05) is 24.3 Å². The molecule has 0 unspecified atom stereocenters. The monoisotopic (exact) mass is 325 g/mol. The number of hydrogen-bond donors (Lipinski definition) is 0. The second-order valence-corrected chi connectivity index (χ2v) is 6.75. The molecule has 3 nitrogen and oxygen atoms in total. The van der Waals surface area contributed by atoms with E-state index in [4.69, 9.17) is 0 Å². The normalized spacial score (nSPS) is 15.5. The number of halogens is 1. The van der Waals surface area contributed by atoms with Crippen LogP contribution in [0.25, 0.3) is 10.7 Å². The Labute approximate surface area is 138 Å². The van der Waals surface area contributed by atoms with Gasteiger partial charge in [-0.2, -0.15) is 0 Å². The highest BCUT2D eigenvalue weighted by molar-refractivity contribution is 7.13. The van der Waals surface area contributed by atoms with E-state index in [0.717, 1.165) is 41.5 Å². The molecule has 1 fully saturated rings. The van der Waals surface area contributed by atoms with E-state index in [2.05, 4.69) is 14.9 Å². The highest BCUT2D eigenvalue weighted by Crippen LogP contribution is 2.30. The van der Waals surface area contributed by atoms with Gasteiger partial charge in [-0.25, -0.2) is 14.4 Å². The van der Waals surface area contributed by atoms with Crippen molar-refractivity contribution in [2.24, 2.45) is 0 Å². The zero-order valence-electron chi connectivity index (χ0n) is 12.5. The molecule has 4 rings (SSSR count). The van der Waals surface area contributed by atoms with Crippen molar-refractivity contribution in [3.8, 4) is 10.7 Å².